The third-order valence-corrected chi connectivity index (χ3v) is 4.51. The molecule has 0 aliphatic heterocycles. The maximum Gasteiger partial charge on any atom is 0.490 e. The van der Waals surface area contributed by atoms with Gasteiger partial charge in [0.15, 0.2) is 0 Å². The number of benzene rings is 3. The highest BCUT2D eigenvalue weighted by atomic mass is 35.5. The molecule has 0 bridgehead atoms. The van der Waals surface area contributed by atoms with Crippen LogP contribution < -0.4 is 5.32 Å². The Hall–Kier alpha value is -3.36. The van der Waals surface area contributed by atoms with Crippen molar-refractivity contribution in [3.05, 3.63) is 88.9 Å². The molecule has 0 radical (unpaired) electrons. The molecule has 0 saturated carbocycles. The minimum absolute atomic E-state index is 0.153. The highest BCUT2D eigenvalue weighted by Crippen LogP contribution is 2.24. The van der Waals surface area contributed by atoms with Crippen LogP contribution in [0.5, 0.6) is 0 Å². The fraction of sp³-hybridized carbons (Fsp3) is 0.167. The topological polar surface area (TPSA) is 69.6 Å². The fourth-order valence-corrected chi connectivity index (χ4v) is 2.87. The van der Waals surface area contributed by atoms with Crippen LogP contribution in [0.2, 0.25) is 5.02 Å². The first-order chi connectivity index (χ1) is 15.5. The van der Waals surface area contributed by atoms with E-state index in [9.17, 15) is 18.0 Å². The molecular formula is C24H22ClF3N2O3. The maximum absolute atomic E-state index is 12.4. The highest BCUT2D eigenvalue weighted by molar-refractivity contribution is 6.30. The predicted molar refractivity (Wildman–Crippen MR) is 122 cm³/mol. The van der Waals surface area contributed by atoms with Gasteiger partial charge in [-0.15, -0.1) is 0 Å². The summed E-state index contributed by atoms with van der Waals surface area (Å²) in [7, 11) is 4.11. The summed E-state index contributed by atoms with van der Waals surface area (Å²) in [6.07, 6.45) is -5.08. The van der Waals surface area contributed by atoms with Gasteiger partial charge in [-0.25, -0.2) is 4.79 Å². The van der Waals surface area contributed by atoms with Crippen molar-refractivity contribution < 1.29 is 27.9 Å². The molecule has 0 saturated heterocycles. The van der Waals surface area contributed by atoms with Gasteiger partial charge in [0.25, 0.3) is 5.91 Å². The Bertz CT molecular complexity index is 1080. The normalized spacial score (nSPS) is 10.9. The molecule has 0 aliphatic carbocycles. The molecule has 33 heavy (non-hydrogen) atoms. The number of aliphatic carboxylic acids is 1. The lowest BCUT2D eigenvalue weighted by molar-refractivity contribution is -0.192. The van der Waals surface area contributed by atoms with E-state index in [2.05, 4.69) is 48.6 Å². The summed E-state index contributed by atoms with van der Waals surface area (Å²) in [6.45, 7) is 0.914. The van der Waals surface area contributed by atoms with Gasteiger partial charge in [0.05, 0.1) is 0 Å². The van der Waals surface area contributed by atoms with Crippen molar-refractivity contribution in [2.24, 2.45) is 0 Å². The van der Waals surface area contributed by atoms with Crippen molar-refractivity contribution in [3.8, 4) is 11.1 Å². The molecule has 0 heterocycles. The Kier molecular flexibility index (Phi) is 9.02. The van der Waals surface area contributed by atoms with Crippen LogP contribution in [0.3, 0.4) is 0 Å². The Balaban J connectivity index is 0.000000479. The Labute approximate surface area is 194 Å². The van der Waals surface area contributed by atoms with E-state index in [4.69, 9.17) is 21.5 Å². The van der Waals surface area contributed by atoms with Crippen LogP contribution in [0, 0.1) is 0 Å². The second-order valence-corrected chi connectivity index (χ2v) is 7.72. The summed E-state index contributed by atoms with van der Waals surface area (Å²) < 4.78 is 31.7. The van der Waals surface area contributed by atoms with Crippen molar-refractivity contribution in [1.82, 2.24) is 4.90 Å². The number of rotatable bonds is 5. The highest BCUT2D eigenvalue weighted by Gasteiger charge is 2.38. The molecule has 2 N–H and O–H groups in total. The molecule has 3 aromatic rings. The zero-order chi connectivity index (χ0) is 24.6. The average molecular weight is 479 g/mol. The van der Waals surface area contributed by atoms with Crippen molar-refractivity contribution in [3.63, 3.8) is 0 Å². The van der Waals surface area contributed by atoms with Crippen LogP contribution in [0.1, 0.15) is 15.9 Å². The van der Waals surface area contributed by atoms with Gasteiger partial charge in [-0.3, -0.25) is 4.79 Å². The maximum atomic E-state index is 12.4. The summed E-state index contributed by atoms with van der Waals surface area (Å²) in [5, 5.41) is 10.7. The van der Waals surface area contributed by atoms with Gasteiger partial charge in [-0.1, -0.05) is 48.0 Å². The largest absolute Gasteiger partial charge is 0.490 e. The van der Waals surface area contributed by atoms with Gasteiger partial charge >= 0.3 is 12.1 Å². The van der Waals surface area contributed by atoms with Crippen LogP contribution in [0.15, 0.2) is 72.8 Å². The van der Waals surface area contributed by atoms with Gasteiger partial charge in [0, 0.05) is 22.8 Å². The van der Waals surface area contributed by atoms with E-state index in [1.807, 2.05) is 24.3 Å². The number of amides is 1. The van der Waals surface area contributed by atoms with Crippen molar-refractivity contribution in [2.45, 2.75) is 12.7 Å². The van der Waals surface area contributed by atoms with Crippen molar-refractivity contribution >= 4 is 29.2 Å². The lowest BCUT2D eigenvalue weighted by Crippen LogP contribution is -2.21. The van der Waals surface area contributed by atoms with Crippen LogP contribution in [0.25, 0.3) is 11.1 Å². The summed E-state index contributed by atoms with van der Waals surface area (Å²) in [5.74, 6) is -2.91. The number of anilines is 1. The number of carbonyl (C=O) groups is 2. The monoisotopic (exact) mass is 478 g/mol. The van der Waals surface area contributed by atoms with Crippen LogP contribution in [0.4, 0.5) is 18.9 Å². The molecule has 0 fully saturated rings. The van der Waals surface area contributed by atoms with Crippen LogP contribution in [-0.2, 0) is 11.3 Å². The molecule has 3 rings (SSSR count). The van der Waals surface area contributed by atoms with E-state index in [0.717, 1.165) is 23.4 Å². The molecule has 0 spiro atoms. The zero-order valence-electron chi connectivity index (χ0n) is 17.9. The predicted octanol–water partition coefficient (Wildman–Crippen LogP) is 5.95. The van der Waals surface area contributed by atoms with Gasteiger partial charge < -0.3 is 15.3 Å². The van der Waals surface area contributed by atoms with Crippen molar-refractivity contribution in [1.29, 1.82) is 0 Å². The lowest BCUT2D eigenvalue weighted by Gasteiger charge is -2.11. The molecule has 0 aliphatic rings. The fourth-order valence-electron chi connectivity index (χ4n) is 2.75. The molecule has 9 heteroatoms. The Morgan fingerprint density at radius 3 is 2.03 bits per heavy atom. The third-order valence-electron chi connectivity index (χ3n) is 4.26. The molecular weight excluding hydrogens is 457 g/mol. The number of hydrogen-bond donors (Lipinski definition) is 2. The zero-order valence-corrected chi connectivity index (χ0v) is 18.6. The van der Waals surface area contributed by atoms with E-state index in [0.29, 0.717) is 10.6 Å². The quantitative estimate of drug-likeness (QED) is 0.475. The summed E-state index contributed by atoms with van der Waals surface area (Å²) in [6, 6.07) is 23.2. The van der Waals surface area contributed by atoms with Crippen LogP contribution in [-0.4, -0.2) is 42.2 Å². The van der Waals surface area contributed by atoms with E-state index in [1.54, 1.807) is 24.3 Å². The molecule has 3 aromatic carbocycles. The number of alkyl halides is 3. The molecule has 0 unspecified atom stereocenters. The van der Waals surface area contributed by atoms with E-state index in [-0.39, 0.29) is 5.91 Å². The van der Waals surface area contributed by atoms with E-state index < -0.39 is 12.1 Å². The van der Waals surface area contributed by atoms with E-state index in [1.165, 1.54) is 5.56 Å². The Morgan fingerprint density at radius 2 is 1.52 bits per heavy atom. The van der Waals surface area contributed by atoms with E-state index >= 15 is 0 Å². The number of halogens is 4. The molecule has 0 aromatic heterocycles. The minimum atomic E-state index is -5.08. The summed E-state index contributed by atoms with van der Waals surface area (Å²) >= 11 is 5.87. The van der Waals surface area contributed by atoms with Crippen molar-refractivity contribution in [2.75, 3.05) is 19.4 Å². The number of carbonyl (C=O) groups excluding carboxylic acids is 1. The van der Waals surface area contributed by atoms with Gasteiger partial charge in [-0.2, -0.15) is 13.2 Å². The standard InChI is InChI=1S/C22H21ClN2O.C2HF3O2/c1-25(2)15-16-6-8-17(9-7-16)19-4-3-5-21(14-19)24-22(26)18-10-12-20(23)13-11-18;3-2(4,5)1(6)7/h3-14H,15H2,1-2H3,(H,24,26);(H,6,7). The second kappa shape index (κ2) is 11.5. The summed E-state index contributed by atoms with van der Waals surface area (Å²) in [5.41, 5.74) is 4.80. The average Bonchev–Trinajstić information content (AvgIpc) is 2.74. The van der Waals surface area contributed by atoms with Crippen LogP contribution >= 0.6 is 11.6 Å². The first-order valence-corrected chi connectivity index (χ1v) is 10.0. The molecule has 5 nitrogen and oxygen atoms in total. The Morgan fingerprint density at radius 1 is 0.939 bits per heavy atom. The molecule has 174 valence electrons. The number of hydrogen-bond acceptors (Lipinski definition) is 3. The number of carboxylic acid groups (broad SMARTS) is 1. The molecule has 1 amide bonds. The SMILES string of the molecule is CN(C)Cc1ccc(-c2cccc(NC(=O)c3ccc(Cl)cc3)c2)cc1.O=C(O)C(F)(F)F. The minimum Gasteiger partial charge on any atom is -0.475 e. The number of carboxylic acids is 1. The van der Waals surface area contributed by atoms with Gasteiger partial charge in [0.2, 0.25) is 0 Å². The summed E-state index contributed by atoms with van der Waals surface area (Å²) in [4.78, 5) is 23.4. The first-order valence-electron chi connectivity index (χ1n) is 9.67. The number of nitrogens with zero attached hydrogens (tertiary/aromatic N) is 1. The smallest absolute Gasteiger partial charge is 0.475 e. The second-order valence-electron chi connectivity index (χ2n) is 7.28. The lowest BCUT2D eigenvalue weighted by atomic mass is 10.0. The van der Waals surface area contributed by atoms with Gasteiger partial charge in [-0.05, 0) is 67.2 Å². The van der Waals surface area contributed by atoms with Gasteiger partial charge in [0.1, 0.15) is 0 Å². The first kappa shape index (κ1) is 25.9. The third kappa shape index (κ3) is 8.59. The molecule has 0 atom stereocenters. The number of nitrogens with one attached hydrogen (secondary N) is 1.